The number of halogens is 2. The lowest BCUT2D eigenvalue weighted by Gasteiger charge is -2.03. The number of hydrogen-bond acceptors (Lipinski definition) is 3. The van der Waals surface area contributed by atoms with Crippen LogP contribution in [0.3, 0.4) is 0 Å². The van der Waals surface area contributed by atoms with Gasteiger partial charge in [-0.3, -0.25) is 4.98 Å². The second kappa shape index (κ2) is 3.63. The Bertz CT molecular complexity index is 598. The molecule has 0 saturated carbocycles. The standard InChI is InChI=1S/C9H4Cl2N2S2/c10-7-3-8-9(13-15(11)14-8)6-4-12-2-1-5(6)7/h1-4H. The van der Waals surface area contributed by atoms with Crippen molar-refractivity contribution < 1.29 is 0 Å². The first-order valence-electron chi connectivity index (χ1n) is 4.12. The molecule has 0 radical (unpaired) electrons. The van der Waals surface area contributed by atoms with Gasteiger partial charge in [-0.2, -0.15) is 4.36 Å². The Morgan fingerprint density at radius 2 is 2.20 bits per heavy atom. The normalized spacial score (nSPS) is 18.9. The van der Waals surface area contributed by atoms with Crippen molar-refractivity contribution in [2.75, 3.05) is 0 Å². The number of rotatable bonds is 0. The highest BCUT2D eigenvalue weighted by molar-refractivity contribution is 8.78. The van der Waals surface area contributed by atoms with Crippen molar-refractivity contribution in [1.82, 2.24) is 4.98 Å². The van der Waals surface area contributed by atoms with Crippen LogP contribution in [0, 0.1) is 0 Å². The number of aromatic nitrogens is 1. The number of hydrogen-bond donors (Lipinski definition) is 0. The molecule has 76 valence electrons. The van der Waals surface area contributed by atoms with Crippen molar-refractivity contribution in [2.24, 2.45) is 4.36 Å². The molecule has 6 heteroatoms. The summed E-state index contributed by atoms with van der Waals surface area (Å²) in [6, 6.07) is 3.81. The lowest BCUT2D eigenvalue weighted by atomic mass is 10.1. The zero-order valence-corrected chi connectivity index (χ0v) is 10.4. The first-order valence-corrected chi connectivity index (χ1v) is 7.84. The third-order valence-corrected chi connectivity index (χ3v) is 5.36. The molecule has 0 amide bonds. The van der Waals surface area contributed by atoms with Gasteiger partial charge in [-0.25, -0.2) is 0 Å². The molecule has 2 nitrogen and oxygen atoms in total. The number of fused-ring (bicyclic) bond motifs is 3. The molecule has 15 heavy (non-hydrogen) atoms. The predicted molar refractivity (Wildman–Crippen MR) is 67.9 cm³/mol. The van der Waals surface area contributed by atoms with Crippen LogP contribution in [-0.4, -0.2) is 4.98 Å². The largest absolute Gasteiger partial charge is 0.264 e. The fraction of sp³-hybridized carbons (Fsp3) is 0. The van der Waals surface area contributed by atoms with Gasteiger partial charge in [0.25, 0.3) is 0 Å². The van der Waals surface area contributed by atoms with Crippen molar-refractivity contribution in [3.05, 3.63) is 29.5 Å². The zero-order chi connectivity index (χ0) is 10.4. The summed E-state index contributed by atoms with van der Waals surface area (Å²) in [6.07, 6.45) is 3.51. The van der Waals surface area contributed by atoms with E-state index in [1.165, 1.54) is 10.8 Å². The molecule has 1 aromatic carbocycles. The maximum Gasteiger partial charge on any atom is 0.0966 e. The average molecular weight is 275 g/mol. The second-order valence-corrected chi connectivity index (χ2v) is 7.49. The van der Waals surface area contributed by atoms with Gasteiger partial charge >= 0.3 is 0 Å². The molecular weight excluding hydrogens is 271 g/mol. The number of nitrogens with zero attached hydrogens (tertiary/aromatic N) is 2. The van der Waals surface area contributed by atoms with Gasteiger partial charge in [0, 0.05) is 33.1 Å². The fourth-order valence-corrected chi connectivity index (χ4v) is 4.81. The third-order valence-electron chi connectivity index (χ3n) is 2.15. The maximum absolute atomic E-state index is 6.17. The van der Waals surface area contributed by atoms with Gasteiger partial charge in [0.1, 0.15) is 0 Å². The van der Waals surface area contributed by atoms with Crippen LogP contribution in [0.4, 0.5) is 5.69 Å². The van der Waals surface area contributed by atoms with E-state index in [0.29, 0.717) is 0 Å². The Morgan fingerprint density at radius 1 is 1.33 bits per heavy atom. The van der Waals surface area contributed by atoms with Crippen molar-refractivity contribution >= 4 is 58.5 Å². The molecule has 0 spiro atoms. The quantitative estimate of drug-likeness (QED) is 0.661. The van der Waals surface area contributed by atoms with E-state index in [0.717, 1.165) is 26.4 Å². The fourth-order valence-electron chi connectivity index (χ4n) is 1.51. The molecular formula is C9H4Cl2N2S2. The molecule has 0 saturated heterocycles. The van der Waals surface area contributed by atoms with Crippen LogP contribution in [0.2, 0.25) is 5.02 Å². The highest BCUT2D eigenvalue weighted by atomic mass is 35.7. The summed E-state index contributed by atoms with van der Waals surface area (Å²) < 4.78 is 4.38. The molecule has 0 N–H and O–H groups in total. The van der Waals surface area contributed by atoms with Gasteiger partial charge in [0.05, 0.1) is 14.6 Å². The maximum atomic E-state index is 6.17. The minimum absolute atomic E-state index is 0.506. The van der Waals surface area contributed by atoms with E-state index in [4.69, 9.17) is 22.3 Å². The Hall–Kier alpha value is -0.290. The summed E-state index contributed by atoms with van der Waals surface area (Å²) in [5.74, 6) is 0. The SMILES string of the molecule is Clc1cc2c(c3cnccc13)N=S(Cl)S2. The van der Waals surface area contributed by atoms with E-state index >= 15 is 0 Å². The summed E-state index contributed by atoms with van der Waals surface area (Å²) in [4.78, 5) is 5.13. The van der Waals surface area contributed by atoms with Crippen LogP contribution in [0.5, 0.6) is 0 Å². The molecule has 2 aromatic rings. The van der Waals surface area contributed by atoms with E-state index in [1.807, 2.05) is 12.1 Å². The highest BCUT2D eigenvalue weighted by Crippen LogP contribution is 2.48. The number of benzene rings is 1. The van der Waals surface area contributed by atoms with Crippen LogP contribution >= 0.6 is 33.1 Å². The van der Waals surface area contributed by atoms with Gasteiger partial charge in [0.2, 0.25) is 0 Å². The molecule has 0 aliphatic carbocycles. The van der Waals surface area contributed by atoms with E-state index < -0.39 is 8.94 Å². The lowest BCUT2D eigenvalue weighted by Crippen LogP contribution is -1.78. The first-order chi connectivity index (χ1) is 7.25. The predicted octanol–water partition coefficient (Wildman–Crippen LogP) is 4.50. The van der Waals surface area contributed by atoms with Crippen LogP contribution in [0.25, 0.3) is 10.8 Å². The van der Waals surface area contributed by atoms with Crippen molar-refractivity contribution in [3.8, 4) is 0 Å². The molecule has 1 aromatic heterocycles. The van der Waals surface area contributed by atoms with Crippen LogP contribution in [0.15, 0.2) is 33.8 Å². The molecule has 1 aliphatic rings. The topological polar surface area (TPSA) is 25.2 Å². The van der Waals surface area contributed by atoms with Gasteiger partial charge < -0.3 is 0 Å². The lowest BCUT2D eigenvalue weighted by molar-refractivity contribution is 1.35. The number of pyridine rings is 1. The van der Waals surface area contributed by atoms with Crippen LogP contribution in [0.1, 0.15) is 0 Å². The molecule has 1 atom stereocenters. The highest BCUT2D eigenvalue weighted by Gasteiger charge is 2.18. The van der Waals surface area contributed by atoms with Crippen LogP contribution in [-0.2, 0) is 8.94 Å². The summed E-state index contributed by atoms with van der Waals surface area (Å²) in [5.41, 5.74) is 0.922. The molecule has 1 unspecified atom stereocenters. The first kappa shape index (κ1) is 9.90. The Morgan fingerprint density at radius 3 is 3.07 bits per heavy atom. The molecule has 3 rings (SSSR count). The Balaban J connectivity index is 2.46. The summed E-state index contributed by atoms with van der Waals surface area (Å²) in [5, 5.41) is 2.68. The molecule has 0 bridgehead atoms. The van der Waals surface area contributed by atoms with Crippen LogP contribution < -0.4 is 0 Å². The Kier molecular flexibility index (Phi) is 2.39. The van der Waals surface area contributed by atoms with E-state index in [-0.39, 0.29) is 0 Å². The monoisotopic (exact) mass is 274 g/mol. The zero-order valence-electron chi connectivity index (χ0n) is 7.28. The van der Waals surface area contributed by atoms with Gasteiger partial charge in [0.15, 0.2) is 0 Å². The smallest absolute Gasteiger partial charge is 0.0966 e. The van der Waals surface area contributed by atoms with E-state index in [9.17, 15) is 0 Å². The minimum Gasteiger partial charge on any atom is -0.264 e. The van der Waals surface area contributed by atoms with Gasteiger partial charge in [-0.1, -0.05) is 11.6 Å². The third kappa shape index (κ3) is 1.56. The van der Waals surface area contributed by atoms with Crippen molar-refractivity contribution in [3.63, 3.8) is 0 Å². The van der Waals surface area contributed by atoms with Crippen molar-refractivity contribution in [1.29, 1.82) is 0 Å². The summed E-state index contributed by atoms with van der Waals surface area (Å²) in [7, 11) is 7.02. The second-order valence-electron chi connectivity index (χ2n) is 3.01. The molecule has 1 aliphatic heterocycles. The van der Waals surface area contributed by atoms with Crippen molar-refractivity contribution in [2.45, 2.75) is 4.90 Å². The van der Waals surface area contributed by atoms with Gasteiger partial charge in [-0.05, 0) is 33.6 Å². The van der Waals surface area contributed by atoms with Gasteiger partial charge in [-0.15, -0.1) is 0 Å². The van der Waals surface area contributed by atoms with E-state index in [1.54, 1.807) is 12.4 Å². The Labute approximate surface area is 102 Å². The molecule has 2 heterocycles. The minimum atomic E-state index is -0.506. The average Bonchev–Trinajstić information content (AvgIpc) is 2.59. The summed E-state index contributed by atoms with van der Waals surface area (Å²) in [6.45, 7) is 0. The van der Waals surface area contributed by atoms with E-state index in [2.05, 4.69) is 9.35 Å². The molecule has 0 fully saturated rings. The summed E-state index contributed by atoms with van der Waals surface area (Å²) >= 11 is 6.17.